The van der Waals surface area contributed by atoms with Gasteiger partial charge in [0.05, 0.1) is 23.9 Å². The lowest BCUT2D eigenvalue weighted by Crippen LogP contribution is -2.38. The number of fused-ring (bicyclic) bond motifs is 1. The highest BCUT2D eigenvalue weighted by molar-refractivity contribution is 5.73. The molecule has 3 rings (SSSR count). The number of nitrogens with zero attached hydrogens (tertiary/aromatic N) is 2. The fourth-order valence-electron chi connectivity index (χ4n) is 3.08. The first kappa shape index (κ1) is 14.8. The van der Waals surface area contributed by atoms with Crippen LogP contribution in [0, 0.1) is 0 Å². The molecule has 0 spiro atoms. The van der Waals surface area contributed by atoms with E-state index in [1.807, 2.05) is 11.7 Å². The average Bonchev–Trinajstić information content (AvgIpc) is 3.10. The van der Waals surface area contributed by atoms with E-state index in [2.05, 4.69) is 10.4 Å². The summed E-state index contributed by atoms with van der Waals surface area (Å²) in [6.07, 6.45) is 8.00. The van der Waals surface area contributed by atoms with Crippen molar-refractivity contribution in [3.05, 3.63) is 41.1 Å². The number of nitrogens with one attached hydrogen (secondary N) is 1. The molecule has 0 aromatic carbocycles. The predicted octanol–water partition coefficient (Wildman–Crippen LogP) is 1.68. The van der Waals surface area contributed by atoms with Crippen molar-refractivity contribution in [3.8, 4) is 0 Å². The number of aryl methyl sites for hydroxylation is 2. The van der Waals surface area contributed by atoms with Crippen LogP contribution in [0.1, 0.15) is 35.4 Å². The molecule has 2 heterocycles. The van der Waals surface area contributed by atoms with E-state index in [1.54, 1.807) is 18.6 Å². The van der Waals surface area contributed by atoms with Crippen molar-refractivity contribution in [3.63, 3.8) is 0 Å². The third-order valence-corrected chi connectivity index (χ3v) is 4.28. The third kappa shape index (κ3) is 3.06. The Labute approximate surface area is 129 Å². The molecule has 0 saturated heterocycles. The second-order valence-electron chi connectivity index (χ2n) is 5.81. The Morgan fingerprint density at radius 2 is 2.32 bits per heavy atom. The molecule has 118 valence electrons. The lowest BCUT2D eigenvalue weighted by Gasteiger charge is -2.16. The number of furan rings is 1. The first-order valence-electron chi connectivity index (χ1n) is 7.66. The lowest BCUT2D eigenvalue weighted by molar-refractivity contribution is -0.139. The number of hydrogen-bond donors (Lipinski definition) is 2. The minimum Gasteiger partial charge on any atom is -0.480 e. The summed E-state index contributed by atoms with van der Waals surface area (Å²) in [5.74, 6) is -0.850. The van der Waals surface area contributed by atoms with Crippen LogP contribution in [0.3, 0.4) is 0 Å². The second-order valence-corrected chi connectivity index (χ2v) is 5.81. The van der Waals surface area contributed by atoms with Crippen molar-refractivity contribution >= 4 is 5.97 Å². The largest absolute Gasteiger partial charge is 0.480 e. The molecular formula is C16H21N3O3. The van der Waals surface area contributed by atoms with Crippen LogP contribution in [0.15, 0.2) is 23.0 Å². The summed E-state index contributed by atoms with van der Waals surface area (Å²) in [5, 5.41) is 17.1. The summed E-state index contributed by atoms with van der Waals surface area (Å²) in [7, 11) is 1.93. The van der Waals surface area contributed by atoms with Gasteiger partial charge in [-0.1, -0.05) is 0 Å². The van der Waals surface area contributed by atoms with Gasteiger partial charge in [0.25, 0.3) is 0 Å². The first-order valence-corrected chi connectivity index (χ1v) is 7.66. The fraction of sp³-hybridized carbons (Fsp3) is 0.500. The van der Waals surface area contributed by atoms with Crippen LogP contribution in [0.5, 0.6) is 0 Å². The highest BCUT2D eigenvalue weighted by Crippen LogP contribution is 2.23. The molecule has 22 heavy (non-hydrogen) atoms. The lowest BCUT2D eigenvalue weighted by atomic mass is 9.96. The van der Waals surface area contributed by atoms with Crippen LogP contribution in [0.25, 0.3) is 0 Å². The van der Waals surface area contributed by atoms with Crippen molar-refractivity contribution in [2.75, 3.05) is 0 Å². The van der Waals surface area contributed by atoms with Crippen molar-refractivity contribution in [1.29, 1.82) is 0 Å². The van der Waals surface area contributed by atoms with Gasteiger partial charge in [0.1, 0.15) is 6.04 Å². The van der Waals surface area contributed by atoms with E-state index in [0.717, 1.165) is 24.1 Å². The summed E-state index contributed by atoms with van der Waals surface area (Å²) in [5.41, 5.74) is 4.46. The minimum absolute atomic E-state index is 0.409. The van der Waals surface area contributed by atoms with Crippen molar-refractivity contribution in [2.45, 2.75) is 44.7 Å². The van der Waals surface area contributed by atoms with E-state index >= 15 is 0 Å². The molecule has 0 fully saturated rings. The zero-order valence-corrected chi connectivity index (χ0v) is 12.7. The van der Waals surface area contributed by atoms with Crippen molar-refractivity contribution in [1.82, 2.24) is 15.1 Å². The normalized spacial score (nSPS) is 15.5. The van der Waals surface area contributed by atoms with Crippen LogP contribution >= 0.6 is 0 Å². The van der Waals surface area contributed by atoms with E-state index in [9.17, 15) is 9.90 Å². The van der Waals surface area contributed by atoms with Gasteiger partial charge in [0.2, 0.25) is 0 Å². The second kappa shape index (κ2) is 6.36. The number of rotatable bonds is 6. The van der Waals surface area contributed by atoms with Crippen molar-refractivity contribution in [2.24, 2.45) is 7.05 Å². The van der Waals surface area contributed by atoms with Gasteiger partial charge in [-0.3, -0.25) is 14.8 Å². The van der Waals surface area contributed by atoms with Crippen LogP contribution in [0.4, 0.5) is 0 Å². The van der Waals surface area contributed by atoms with Crippen molar-refractivity contribution < 1.29 is 14.3 Å². The Bertz CT molecular complexity index is 646. The molecule has 6 nitrogen and oxygen atoms in total. The van der Waals surface area contributed by atoms with Gasteiger partial charge in [-0.2, -0.15) is 5.10 Å². The Morgan fingerprint density at radius 3 is 3.05 bits per heavy atom. The number of aliphatic carboxylic acids is 1. The van der Waals surface area contributed by atoms with Crippen LogP contribution in [0.2, 0.25) is 0 Å². The standard InChI is InChI=1S/C16H21N3O3/c1-19-15(12-4-2-3-5-13(12)18-19)9-17-14(16(20)21)8-11-6-7-22-10-11/h6-7,10,14,17H,2-5,8-9H2,1H3,(H,20,21). The molecule has 0 amide bonds. The van der Waals surface area contributed by atoms with E-state index in [0.29, 0.717) is 13.0 Å². The molecule has 2 aromatic heterocycles. The number of carboxylic acid groups (broad SMARTS) is 1. The molecule has 1 unspecified atom stereocenters. The van der Waals surface area contributed by atoms with Gasteiger partial charge in [-0.25, -0.2) is 0 Å². The van der Waals surface area contributed by atoms with E-state index < -0.39 is 12.0 Å². The fourth-order valence-corrected chi connectivity index (χ4v) is 3.08. The molecule has 2 N–H and O–H groups in total. The topological polar surface area (TPSA) is 80.3 Å². The average molecular weight is 303 g/mol. The van der Waals surface area contributed by atoms with Gasteiger partial charge >= 0.3 is 5.97 Å². The van der Waals surface area contributed by atoms with Crippen LogP contribution in [-0.2, 0) is 37.6 Å². The maximum atomic E-state index is 11.4. The van der Waals surface area contributed by atoms with Gasteiger partial charge < -0.3 is 9.52 Å². The molecule has 6 heteroatoms. The monoisotopic (exact) mass is 303 g/mol. The van der Waals surface area contributed by atoms with Crippen LogP contribution in [-0.4, -0.2) is 26.9 Å². The molecule has 0 saturated carbocycles. The van der Waals surface area contributed by atoms with Gasteiger partial charge in [0, 0.05) is 20.0 Å². The molecule has 1 atom stereocenters. The highest BCUT2D eigenvalue weighted by atomic mass is 16.4. The summed E-state index contributed by atoms with van der Waals surface area (Å²) in [6.45, 7) is 0.521. The molecule has 0 bridgehead atoms. The van der Waals surface area contributed by atoms with Gasteiger partial charge in [0.15, 0.2) is 0 Å². The molecule has 0 aliphatic heterocycles. The van der Waals surface area contributed by atoms with Gasteiger partial charge in [-0.05, 0) is 42.9 Å². The molecule has 1 aliphatic carbocycles. The zero-order valence-electron chi connectivity index (χ0n) is 12.7. The summed E-state index contributed by atoms with van der Waals surface area (Å²) >= 11 is 0. The van der Waals surface area contributed by atoms with E-state index in [-0.39, 0.29) is 0 Å². The Morgan fingerprint density at radius 1 is 1.50 bits per heavy atom. The molecule has 2 aromatic rings. The highest BCUT2D eigenvalue weighted by Gasteiger charge is 2.22. The summed E-state index contributed by atoms with van der Waals surface area (Å²) in [4.78, 5) is 11.4. The minimum atomic E-state index is -0.850. The molecule has 1 aliphatic rings. The van der Waals surface area contributed by atoms with E-state index in [1.165, 1.54) is 24.1 Å². The van der Waals surface area contributed by atoms with Crippen LogP contribution < -0.4 is 5.32 Å². The SMILES string of the molecule is Cn1nc2c(c1CNC(Cc1ccoc1)C(=O)O)CCCC2. The van der Waals surface area contributed by atoms with E-state index in [4.69, 9.17) is 4.42 Å². The summed E-state index contributed by atoms with van der Waals surface area (Å²) in [6, 6.07) is 1.16. The predicted molar refractivity (Wildman–Crippen MR) is 80.5 cm³/mol. The molecule has 0 radical (unpaired) electrons. The Hall–Kier alpha value is -2.08. The maximum absolute atomic E-state index is 11.4. The first-order chi connectivity index (χ1) is 10.6. The van der Waals surface area contributed by atoms with Gasteiger partial charge in [-0.15, -0.1) is 0 Å². The Balaban J connectivity index is 1.70. The smallest absolute Gasteiger partial charge is 0.321 e. The number of aromatic nitrogens is 2. The number of hydrogen-bond acceptors (Lipinski definition) is 4. The summed E-state index contributed by atoms with van der Waals surface area (Å²) < 4.78 is 6.89. The number of carbonyl (C=O) groups is 1. The number of carboxylic acids is 1. The Kier molecular flexibility index (Phi) is 4.29. The third-order valence-electron chi connectivity index (χ3n) is 4.28. The zero-order chi connectivity index (χ0) is 15.5. The molecular weight excluding hydrogens is 282 g/mol. The maximum Gasteiger partial charge on any atom is 0.321 e. The quantitative estimate of drug-likeness (QED) is 0.848.